The fourth-order valence-corrected chi connectivity index (χ4v) is 6.13. The highest BCUT2D eigenvalue weighted by Crippen LogP contribution is 2.34. The Bertz CT molecular complexity index is 793. The van der Waals surface area contributed by atoms with Gasteiger partial charge >= 0.3 is 0 Å². The van der Waals surface area contributed by atoms with Gasteiger partial charge in [0.05, 0.1) is 8.07 Å². The molecule has 2 heteroatoms. The molecule has 1 aliphatic rings. The molecule has 1 aromatic carbocycles. The third kappa shape index (κ3) is 3.81. The van der Waals surface area contributed by atoms with Crippen molar-refractivity contribution in [2.45, 2.75) is 77.9 Å². The minimum absolute atomic E-state index is 0.564. The molecule has 0 saturated heterocycles. The van der Waals surface area contributed by atoms with Gasteiger partial charge in [-0.1, -0.05) is 58.5 Å². The molecule has 1 nitrogen and oxygen atoms in total. The molecule has 0 spiro atoms. The number of aromatic nitrogens is 1. The van der Waals surface area contributed by atoms with E-state index in [0.717, 1.165) is 5.92 Å². The van der Waals surface area contributed by atoms with Crippen LogP contribution in [0.1, 0.15) is 68.1 Å². The smallest absolute Gasteiger partial charge is 0.201 e. The Morgan fingerprint density at radius 1 is 1.04 bits per heavy atom. The summed E-state index contributed by atoms with van der Waals surface area (Å²) in [6, 6.07) is 9.55. The summed E-state index contributed by atoms with van der Waals surface area (Å²) in [4.78, 5) is 0. The standard InChI is InChI=1S/C24H36NSi/c1-17(2)20-13-12-18(3)21(14-20)23-15-24(26(5,6)7)22(16-25(23)4)19-10-8-9-11-19/h12-17,19H,8-11H2,1-7H3/q+1. The van der Waals surface area contributed by atoms with Gasteiger partial charge in [0.2, 0.25) is 5.69 Å². The second-order valence-electron chi connectivity index (χ2n) is 9.60. The summed E-state index contributed by atoms with van der Waals surface area (Å²) in [6.45, 7) is 14.3. The largest absolute Gasteiger partial charge is 0.212 e. The van der Waals surface area contributed by atoms with Crippen molar-refractivity contribution in [3.63, 3.8) is 0 Å². The second kappa shape index (κ2) is 7.30. The molecule has 140 valence electrons. The normalized spacial score (nSPS) is 15.8. The maximum atomic E-state index is 2.55. The molecule has 1 aliphatic carbocycles. The van der Waals surface area contributed by atoms with E-state index in [1.807, 2.05) is 0 Å². The summed E-state index contributed by atoms with van der Waals surface area (Å²) < 4.78 is 2.39. The average molecular weight is 367 g/mol. The Balaban J connectivity index is 2.19. The van der Waals surface area contributed by atoms with E-state index < -0.39 is 8.07 Å². The second-order valence-corrected chi connectivity index (χ2v) is 14.6. The van der Waals surface area contributed by atoms with Gasteiger partial charge < -0.3 is 0 Å². The lowest BCUT2D eigenvalue weighted by Gasteiger charge is -2.24. The van der Waals surface area contributed by atoms with Gasteiger partial charge in [-0.25, -0.2) is 4.57 Å². The van der Waals surface area contributed by atoms with E-state index in [4.69, 9.17) is 0 Å². The quantitative estimate of drug-likeness (QED) is 0.475. The summed E-state index contributed by atoms with van der Waals surface area (Å²) in [5.74, 6) is 1.34. The van der Waals surface area contributed by atoms with Gasteiger partial charge in [-0.15, -0.1) is 0 Å². The van der Waals surface area contributed by atoms with Gasteiger partial charge in [-0.3, -0.25) is 0 Å². The average Bonchev–Trinajstić information content (AvgIpc) is 3.08. The number of nitrogens with zero attached hydrogens (tertiary/aromatic N) is 1. The first-order valence-corrected chi connectivity index (χ1v) is 13.8. The van der Waals surface area contributed by atoms with Crippen molar-refractivity contribution in [1.29, 1.82) is 0 Å². The summed E-state index contributed by atoms with van der Waals surface area (Å²) >= 11 is 0. The van der Waals surface area contributed by atoms with E-state index in [0.29, 0.717) is 5.92 Å². The van der Waals surface area contributed by atoms with Gasteiger partial charge in [0.25, 0.3) is 0 Å². The van der Waals surface area contributed by atoms with Gasteiger partial charge in [0.1, 0.15) is 7.05 Å². The van der Waals surface area contributed by atoms with E-state index in [1.165, 1.54) is 48.1 Å². The topological polar surface area (TPSA) is 3.88 Å². The van der Waals surface area contributed by atoms with Gasteiger partial charge in [0.15, 0.2) is 6.20 Å². The van der Waals surface area contributed by atoms with Gasteiger partial charge in [-0.05, 0) is 54.0 Å². The van der Waals surface area contributed by atoms with Crippen LogP contribution >= 0.6 is 0 Å². The summed E-state index contributed by atoms with van der Waals surface area (Å²) in [7, 11) is 0.841. The number of aryl methyl sites for hydroxylation is 2. The molecule has 3 rings (SSSR count). The molecule has 2 aromatic rings. The van der Waals surface area contributed by atoms with Crippen LogP contribution in [0.3, 0.4) is 0 Å². The van der Waals surface area contributed by atoms with E-state index in [-0.39, 0.29) is 0 Å². The summed E-state index contributed by atoms with van der Waals surface area (Å²) in [6.07, 6.45) is 8.02. The molecule has 0 radical (unpaired) electrons. The van der Waals surface area contributed by atoms with Crippen LogP contribution in [-0.4, -0.2) is 8.07 Å². The first kappa shape index (κ1) is 19.4. The molecular formula is C24H36NSi+. The van der Waals surface area contributed by atoms with Crippen molar-refractivity contribution in [1.82, 2.24) is 0 Å². The van der Waals surface area contributed by atoms with Gasteiger partial charge in [-0.2, -0.15) is 0 Å². The van der Waals surface area contributed by atoms with Crippen LogP contribution in [-0.2, 0) is 7.05 Å². The Morgan fingerprint density at radius 2 is 1.69 bits per heavy atom. The number of rotatable bonds is 4. The molecule has 0 atom stereocenters. The molecule has 1 aromatic heterocycles. The van der Waals surface area contributed by atoms with Crippen molar-refractivity contribution in [2.75, 3.05) is 0 Å². The van der Waals surface area contributed by atoms with E-state index in [9.17, 15) is 0 Å². The number of hydrogen-bond acceptors (Lipinski definition) is 0. The van der Waals surface area contributed by atoms with Crippen LogP contribution in [0.4, 0.5) is 0 Å². The minimum atomic E-state index is -1.40. The molecule has 26 heavy (non-hydrogen) atoms. The van der Waals surface area contributed by atoms with Crippen molar-refractivity contribution in [3.05, 3.63) is 47.2 Å². The molecular weight excluding hydrogens is 330 g/mol. The van der Waals surface area contributed by atoms with Crippen LogP contribution in [0.5, 0.6) is 0 Å². The number of pyridine rings is 1. The molecule has 0 bridgehead atoms. The fourth-order valence-electron chi connectivity index (χ4n) is 4.42. The molecule has 0 N–H and O–H groups in total. The van der Waals surface area contributed by atoms with Crippen LogP contribution in [0, 0.1) is 6.92 Å². The van der Waals surface area contributed by atoms with E-state index >= 15 is 0 Å². The SMILES string of the molecule is Cc1ccc(C(C)C)cc1-c1cc([Si](C)(C)C)c(C2CCCC2)c[n+]1C. The molecule has 1 fully saturated rings. The maximum absolute atomic E-state index is 2.55. The van der Waals surface area contributed by atoms with Crippen LogP contribution in [0.15, 0.2) is 30.5 Å². The lowest BCUT2D eigenvalue weighted by Crippen LogP contribution is -2.45. The van der Waals surface area contributed by atoms with Crippen LogP contribution < -0.4 is 9.75 Å². The lowest BCUT2D eigenvalue weighted by molar-refractivity contribution is -0.660. The monoisotopic (exact) mass is 366 g/mol. The Hall–Kier alpha value is -1.41. The summed E-state index contributed by atoms with van der Waals surface area (Å²) in [5.41, 5.74) is 7.23. The molecule has 1 heterocycles. The predicted octanol–water partition coefficient (Wildman–Crippen LogP) is 5.81. The molecule has 0 aliphatic heterocycles. The minimum Gasteiger partial charge on any atom is -0.201 e. The van der Waals surface area contributed by atoms with Crippen LogP contribution in [0.25, 0.3) is 11.3 Å². The Labute approximate surface area is 161 Å². The predicted molar refractivity (Wildman–Crippen MR) is 116 cm³/mol. The zero-order chi connectivity index (χ0) is 19.1. The highest BCUT2D eigenvalue weighted by molar-refractivity contribution is 6.89. The lowest BCUT2D eigenvalue weighted by atomic mass is 9.94. The summed E-state index contributed by atoms with van der Waals surface area (Å²) in [5, 5.41) is 1.67. The van der Waals surface area contributed by atoms with Crippen molar-refractivity contribution in [3.8, 4) is 11.3 Å². The molecule has 1 saturated carbocycles. The zero-order valence-corrected chi connectivity index (χ0v) is 18.8. The van der Waals surface area contributed by atoms with Crippen molar-refractivity contribution in [2.24, 2.45) is 7.05 Å². The third-order valence-electron chi connectivity index (χ3n) is 6.11. The van der Waals surface area contributed by atoms with Crippen molar-refractivity contribution < 1.29 is 4.57 Å². The zero-order valence-electron chi connectivity index (χ0n) is 17.8. The Kier molecular flexibility index (Phi) is 5.44. The number of benzene rings is 1. The molecule has 0 amide bonds. The maximum Gasteiger partial charge on any atom is 0.212 e. The first-order chi connectivity index (χ1) is 12.2. The highest BCUT2D eigenvalue weighted by atomic mass is 28.3. The van der Waals surface area contributed by atoms with Crippen molar-refractivity contribution >= 4 is 13.3 Å². The van der Waals surface area contributed by atoms with E-state index in [2.05, 4.69) is 82.5 Å². The number of hydrogen-bond donors (Lipinski definition) is 0. The molecule has 0 unspecified atom stereocenters. The van der Waals surface area contributed by atoms with Crippen LogP contribution in [0.2, 0.25) is 19.6 Å². The fraction of sp³-hybridized carbons (Fsp3) is 0.542. The Morgan fingerprint density at radius 3 is 2.27 bits per heavy atom. The first-order valence-electron chi connectivity index (χ1n) is 10.3. The van der Waals surface area contributed by atoms with E-state index in [1.54, 1.807) is 10.8 Å². The third-order valence-corrected chi connectivity index (χ3v) is 8.16. The highest BCUT2D eigenvalue weighted by Gasteiger charge is 2.30. The van der Waals surface area contributed by atoms with Gasteiger partial charge in [0, 0.05) is 17.2 Å².